The Morgan fingerprint density at radius 2 is 1.21 bits per heavy atom. The van der Waals surface area contributed by atoms with Crippen LogP contribution in [-0.4, -0.2) is 0 Å². The van der Waals surface area contributed by atoms with Gasteiger partial charge in [0.1, 0.15) is 17.2 Å². The predicted octanol–water partition coefficient (Wildman–Crippen LogP) is 10.7. The standard InChI is InChI=1S/C38H20N2OS/c39-21-23-6-5-7-26(18-23)38-28(25-13-17-37-32(20-25)30-9-2-4-11-36(30)42-37)15-14-27(33(38)22-40)24-12-16-35-31(19-24)29-8-1-3-10-34(29)41-35/h1-20H. The van der Waals surface area contributed by atoms with Gasteiger partial charge in [0, 0.05) is 42.1 Å². The summed E-state index contributed by atoms with van der Waals surface area (Å²) < 4.78 is 8.54. The monoisotopic (exact) mass is 552 g/mol. The minimum atomic E-state index is 0.554. The van der Waals surface area contributed by atoms with Gasteiger partial charge in [-0.3, -0.25) is 0 Å². The van der Waals surface area contributed by atoms with Crippen LogP contribution in [0.3, 0.4) is 0 Å². The predicted molar refractivity (Wildman–Crippen MR) is 172 cm³/mol. The van der Waals surface area contributed by atoms with Gasteiger partial charge in [0.25, 0.3) is 0 Å². The molecule has 6 aromatic carbocycles. The van der Waals surface area contributed by atoms with Gasteiger partial charge in [-0.15, -0.1) is 11.3 Å². The van der Waals surface area contributed by atoms with Crippen LogP contribution in [0.5, 0.6) is 0 Å². The molecule has 0 aliphatic carbocycles. The number of thiophene rings is 1. The molecule has 0 spiro atoms. The molecular formula is C38H20N2OS. The minimum absolute atomic E-state index is 0.554. The van der Waals surface area contributed by atoms with Crippen molar-refractivity contribution in [1.29, 1.82) is 10.5 Å². The average molecular weight is 553 g/mol. The van der Waals surface area contributed by atoms with E-state index in [-0.39, 0.29) is 0 Å². The van der Waals surface area contributed by atoms with E-state index < -0.39 is 0 Å². The van der Waals surface area contributed by atoms with Crippen LogP contribution >= 0.6 is 11.3 Å². The largest absolute Gasteiger partial charge is 0.456 e. The molecule has 8 rings (SSSR count). The number of hydrogen-bond acceptors (Lipinski definition) is 4. The highest BCUT2D eigenvalue weighted by Gasteiger charge is 2.20. The lowest BCUT2D eigenvalue weighted by atomic mass is 9.85. The first-order valence-corrected chi connectivity index (χ1v) is 14.4. The summed E-state index contributed by atoms with van der Waals surface area (Å²) in [6.07, 6.45) is 0. The highest BCUT2D eigenvalue weighted by atomic mass is 32.1. The van der Waals surface area contributed by atoms with Crippen LogP contribution in [0.2, 0.25) is 0 Å². The second-order valence-electron chi connectivity index (χ2n) is 10.3. The van der Waals surface area contributed by atoms with Gasteiger partial charge in [0.15, 0.2) is 0 Å². The van der Waals surface area contributed by atoms with Crippen LogP contribution in [0.15, 0.2) is 126 Å². The molecule has 0 saturated heterocycles. The van der Waals surface area contributed by atoms with E-state index in [0.717, 1.165) is 55.3 Å². The van der Waals surface area contributed by atoms with Gasteiger partial charge in [0.2, 0.25) is 0 Å². The zero-order valence-corrected chi connectivity index (χ0v) is 23.1. The lowest BCUT2D eigenvalue weighted by Gasteiger charge is -2.17. The summed E-state index contributed by atoms with van der Waals surface area (Å²) >= 11 is 1.78. The number of fused-ring (bicyclic) bond motifs is 6. The molecule has 0 N–H and O–H groups in total. The number of hydrogen-bond donors (Lipinski definition) is 0. The van der Waals surface area contributed by atoms with Gasteiger partial charge in [-0.2, -0.15) is 10.5 Å². The van der Waals surface area contributed by atoms with Crippen molar-refractivity contribution in [2.45, 2.75) is 0 Å². The summed E-state index contributed by atoms with van der Waals surface area (Å²) in [6.45, 7) is 0. The number of benzene rings is 6. The highest BCUT2D eigenvalue weighted by molar-refractivity contribution is 7.25. The SMILES string of the molecule is N#Cc1cccc(-c2c(-c3ccc4sc5ccccc5c4c3)ccc(-c3ccc4oc5ccccc5c4c3)c2C#N)c1. The summed E-state index contributed by atoms with van der Waals surface area (Å²) in [6, 6.07) is 45.6. The molecule has 2 aromatic heterocycles. The normalized spacial score (nSPS) is 11.3. The maximum absolute atomic E-state index is 10.7. The van der Waals surface area contributed by atoms with Crippen LogP contribution < -0.4 is 0 Å². The van der Waals surface area contributed by atoms with Gasteiger partial charge in [-0.1, -0.05) is 72.8 Å². The number of para-hydroxylation sites is 1. The first-order chi connectivity index (χ1) is 20.7. The van der Waals surface area contributed by atoms with Crippen LogP contribution in [0.1, 0.15) is 11.1 Å². The molecule has 0 saturated carbocycles. The summed E-state index contributed by atoms with van der Waals surface area (Å²) in [5.74, 6) is 0. The van der Waals surface area contributed by atoms with Crippen molar-refractivity contribution in [2.24, 2.45) is 0 Å². The van der Waals surface area contributed by atoms with E-state index in [1.165, 1.54) is 20.2 Å². The molecule has 0 amide bonds. The molecule has 0 atom stereocenters. The zero-order valence-electron chi connectivity index (χ0n) is 22.3. The lowest BCUT2D eigenvalue weighted by molar-refractivity contribution is 0.669. The topological polar surface area (TPSA) is 60.7 Å². The van der Waals surface area contributed by atoms with Gasteiger partial charge >= 0.3 is 0 Å². The summed E-state index contributed by atoms with van der Waals surface area (Å²) in [5.41, 5.74) is 8.21. The third kappa shape index (κ3) is 3.71. The average Bonchev–Trinajstić information content (AvgIpc) is 3.61. The van der Waals surface area contributed by atoms with Crippen molar-refractivity contribution in [3.8, 4) is 45.5 Å². The van der Waals surface area contributed by atoms with E-state index in [2.05, 4.69) is 72.8 Å². The van der Waals surface area contributed by atoms with Crippen molar-refractivity contribution in [3.05, 3.63) is 132 Å². The molecule has 0 unspecified atom stereocenters. The molecule has 2 heterocycles. The van der Waals surface area contributed by atoms with Crippen molar-refractivity contribution >= 4 is 53.4 Å². The van der Waals surface area contributed by atoms with E-state index in [1.54, 1.807) is 17.4 Å². The Morgan fingerprint density at radius 3 is 2.10 bits per heavy atom. The highest BCUT2D eigenvalue weighted by Crippen LogP contribution is 2.43. The molecule has 42 heavy (non-hydrogen) atoms. The van der Waals surface area contributed by atoms with Crippen molar-refractivity contribution in [1.82, 2.24) is 0 Å². The molecule has 0 fully saturated rings. The Balaban J connectivity index is 1.40. The third-order valence-electron chi connectivity index (χ3n) is 7.97. The number of nitrogens with zero attached hydrogens (tertiary/aromatic N) is 2. The first-order valence-electron chi connectivity index (χ1n) is 13.6. The summed E-state index contributed by atoms with van der Waals surface area (Å²) in [4.78, 5) is 0. The first kappa shape index (κ1) is 24.1. The second-order valence-corrected chi connectivity index (χ2v) is 11.4. The summed E-state index contributed by atoms with van der Waals surface area (Å²) in [7, 11) is 0. The molecule has 0 aliphatic rings. The fourth-order valence-corrected chi connectivity index (χ4v) is 7.12. The van der Waals surface area contributed by atoms with Crippen LogP contribution in [0.4, 0.5) is 0 Å². The fraction of sp³-hybridized carbons (Fsp3) is 0. The Morgan fingerprint density at radius 1 is 0.500 bits per heavy atom. The quantitative estimate of drug-likeness (QED) is 0.219. The Kier molecular flexibility index (Phi) is 5.44. The third-order valence-corrected chi connectivity index (χ3v) is 9.12. The molecular weight excluding hydrogens is 532 g/mol. The number of nitriles is 2. The van der Waals surface area contributed by atoms with E-state index in [1.807, 2.05) is 54.6 Å². The minimum Gasteiger partial charge on any atom is -0.456 e. The van der Waals surface area contributed by atoms with Gasteiger partial charge in [-0.25, -0.2) is 0 Å². The van der Waals surface area contributed by atoms with E-state index in [4.69, 9.17) is 4.42 Å². The van der Waals surface area contributed by atoms with Crippen molar-refractivity contribution < 1.29 is 4.42 Å². The number of rotatable bonds is 3. The molecule has 0 bridgehead atoms. The Labute approximate surface area is 245 Å². The fourth-order valence-electron chi connectivity index (χ4n) is 6.03. The van der Waals surface area contributed by atoms with E-state index in [9.17, 15) is 10.5 Å². The van der Waals surface area contributed by atoms with Crippen LogP contribution in [0.25, 0.3) is 75.5 Å². The molecule has 3 nitrogen and oxygen atoms in total. The lowest BCUT2D eigenvalue weighted by Crippen LogP contribution is -1.95. The zero-order chi connectivity index (χ0) is 28.2. The van der Waals surface area contributed by atoms with Gasteiger partial charge < -0.3 is 4.42 Å². The number of furan rings is 1. The molecule has 4 heteroatoms. The maximum Gasteiger partial charge on any atom is 0.135 e. The van der Waals surface area contributed by atoms with Gasteiger partial charge in [0.05, 0.1) is 17.2 Å². The molecule has 0 aliphatic heterocycles. The second kappa shape index (κ2) is 9.46. The van der Waals surface area contributed by atoms with Crippen molar-refractivity contribution in [3.63, 3.8) is 0 Å². The van der Waals surface area contributed by atoms with E-state index >= 15 is 0 Å². The van der Waals surface area contributed by atoms with E-state index in [0.29, 0.717) is 11.1 Å². The Bertz CT molecular complexity index is 2450. The van der Waals surface area contributed by atoms with Crippen LogP contribution in [-0.2, 0) is 0 Å². The van der Waals surface area contributed by atoms with Crippen molar-refractivity contribution in [2.75, 3.05) is 0 Å². The Hall–Kier alpha value is -5.68. The molecule has 194 valence electrons. The smallest absolute Gasteiger partial charge is 0.135 e. The molecule has 0 radical (unpaired) electrons. The summed E-state index contributed by atoms with van der Waals surface area (Å²) in [5, 5.41) is 24.9. The van der Waals surface area contributed by atoms with Gasteiger partial charge in [-0.05, 0) is 70.8 Å². The molecule has 8 aromatic rings. The van der Waals surface area contributed by atoms with Crippen LogP contribution in [0, 0.1) is 22.7 Å². The maximum atomic E-state index is 10.7.